The molecule has 1 fully saturated rings. The van der Waals surface area contributed by atoms with Gasteiger partial charge in [-0.1, -0.05) is 22.5 Å². The van der Waals surface area contributed by atoms with E-state index in [4.69, 9.17) is 4.52 Å². The highest BCUT2D eigenvalue weighted by Crippen LogP contribution is 2.45. The molecule has 8 heteroatoms. The molecule has 116 valence electrons. The summed E-state index contributed by atoms with van der Waals surface area (Å²) in [5, 5.41) is 6.66. The van der Waals surface area contributed by atoms with Gasteiger partial charge >= 0.3 is 6.36 Å². The summed E-state index contributed by atoms with van der Waals surface area (Å²) in [5.41, 5.74) is 0.714. The molecule has 22 heavy (non-hydrogen) atoms. The van der Waals surface area contributed by atoms with Gasteiger partial charge in [0.05, 0.1) is 0 Å². The first kappa shape index (κ1) is 14.6. The van der Waals surface area contributed by atoms with E-state index in [9.17, 15) is 18.1 Å². The molecule has 0 spiro atoms. The third-order valence-electron chi connectivity index (χ3n) is 3.36. The molecule has 3 rings (SSSR count). The monoisotopic (exact) mass is 312 g/mol. The highest BCUT2D eigenvalue weighted by Gasteiger charge is 2.35. The van der Waals surface area contributed by atoms with Gasteiger partial charge in [-0.25, -0.2) is 0 Å². The van der Waals surface area contributed by atoms with Crippen LogP contribution in [0.2, 0.25) is 0 Å². The van der Waals surface area contributed by atoms with E-state index in [-0.39, 0.29) is 23.7 Å². The average molecular weight is 312 g/mol. The number of ether oxygens (including phenoxy) is 1. The van der Waals surface area contributed by atoms with Crippen molar-refractivity contribution in [2.24, 2.45) is 5.18 Å². The Morgan fingerprint density at radius 2 is 2.05 bits per heavy atom. The second-order valence-corrected chi connectivity index (χ2v) is 4.98. The van der Waals surface area contributed by atoms with Crippen molar-refractivity contribution in [3.63, 3.8) is 0 Å². The smallest absolute Gasteiger partial charge is 0.405 e. The molecular weight excluding hydrogens is 301 g/mol. The van der Waals surface area contributed by atoms with E-state index in [2.05, 4.69) is 15.1 Å². The molecule has 0 aliphatic heterocycles. The number of aromatic nitrogens is 1. The molecular formula is C14H11F3N2O3. The number of nitrogens with zero attached hydrogens (tertiary/aromatic N) is 2. The Bertz CT molecular complexity index is 693. The number of hydrogen-bond acceptors (Lipinski definition) is 5. The Labute approximate surface area is 123 Å². The highest BCUT2D eigenvalue weighted by atomic mass is 19.4. The van der Waals surface area contributed by atoms with Gasteiger partial charge in [-0.3, -0.25) is 0 Å². The fourth-order valence-corrected chi connectivity index (χ4v) is 2.29. The molecule has 2 aromatic rings. The van der Waals surface area contributed by atoms with Crippen molar-refractivity contribution in [1.82, 2.24) is 5.16 Å². The number of alkyl halides is 3. The molecule has 1 aromatic heterocycles. The second-order valence-electron chi connectivity index (χ2n) is 4.98. The minimum Gasteiger partial charge on any atom is -0.405 e. The fourth-order valence-electron chi connectivity index (χ4n) is 2.29. The van der Waals surface area contributed by atoms with Crippen molar-refractivity contribution >= 4 is 0 Å². The van der Waals surface area contributed by atoms with E-state index in [0.29, 0.717) is 11.3 Å². The Balaban J connectivity index is 2.06. The summed E-state index contributed by atoms with van der Waals surface area (Å²) in [6.45, 7) is -0.203. The molecule has 1 aromatic carbocycles. The minimum absolute atomic E-state index is 0.120. The Morgan fingerprint density at radius 1 is 1.32 bits per heavy atom. The van der Waals surface area contributed by atoms with E-state index in [1.54, 1.807) is 6.07 Å². The van der Waals surface area contributed by atoms with Crippen LogP contribution in [0.1, 0.15) is 30.1 Å². The van der Waals surface area contributed by atoms with Crippen LogP contribution in [0.15, 0.2) is 34.0 Å². The summed E-state index contributed by atoms with van der Waals surface area (Å²) in [4.78, 5) is 10.6. The third kappa shape index (κ3) is 2.95. The first-order chi connectivity index (χ1) is 10.5. The number of benzene rings is 1. The zero-order valence-corrected chi connectivity index (χ0v) is 11.3. The maximum Gasteiger partial charge on any atom is 0.573 e. The van der Waals surface area contributed by atoms with Crippen LogP contribution in [-0.4, -0.2) is 11.5 Å². The van der Waals surface area contributed by atoms with E-state index in [1.807, 2.05) is 0 Å². The molecule has 1 saturated carbocycles. The van der Waals surface area contributed by atoms with Crippen LogP contribution >= 0.6 is 0 Å². The van der Waals surface area contributed by atoms with Crippen LogP contribution in [0.25, 0.3) is 11.3 Å². The zero-order chi connectivity index (χ0) is 15.7. The van der Waals surface area contributed by atoms with Gasteiger partial charge in [0, 0.05) is 17.0 Å². The zero-order valence-electron chi connectivity index (χ0n) is 11.3. The first-order valence-corrected chi connectivity index (χ1v) is 6.62. The van der Waals surface area contributed by atoms with E-state index >= 15 is 0 Å². The van der Waals surface area contributed by atoms with Crippen LogP contribution < -0.4 is 4.74 Å². The van der Waals surface area contributed by atoms with E-state index in [1.165, 1.54) is 18.2 Å². The lowest BCUT2D eigenvalue weighted by Gasteiger charge is -2.12. The van der Waals surface area contributed by atoms with Crippen molar-refractivity contribution in [3.8, 4) is 17.0 Å². The van der Waals surface area contributed by atoms with Crippen LogP contribution in [0.4, 0.5) is 13.2 Å². The Morgan fingerprint density at radius 3 is 2.68 bits per heavy atom. The summed E-state index contributed by atoms with van der Waals surface area (Å²) < 4.78 is 46.7. The van der Waals surface area contributed by atoms with Gasteiger partial charge in [0.2, 0.25) is 0 Å². The SMILES string of the molecule is O=NCc1c(-c2ccccc2OC(F)(F)F)noc1C1CC1. The van der Waals surface area contributed by atoms with Gasteiger partial charge in [0.15, 0.2) is 0 Å². The van der Waals surface area contributed by atoms with Gasteiger partial charge in [-0.2, -0.15) is 4.91 Å². The van der Waals surface area contributed by atoms with Gasteiger partial charge in [-0.15, -0.1) is 13.2 Å². The predicted molar refractivity (Wildman–Crippen MR) is 70.1 cm³/mol. The van der Waals surface area contributed by atoms with Crippen LogP contribution in [-0.2, 0) is 6.54 Å². The van der Waals surface area contributed by atoms with Crippen molar-refractivity contribution in [1.29, 1.82) is 0 Å². The number of rotatable bonds is 5. The molecule has 0 saturated heterocycles. The summed E-state index contributed by atoms with van der Waals surface area (Å²) >= 11 is 0. The fraction of sp³-hybridized carbons (Fsp3) is 0.357. The summed E-state index contributed by atoms with van der Waals surface area (Å²) in [5.74, 6) is 0.294. The van der Waals surface area contributed by atoms with Crippen molar-refractivity contribution in [2.45, 2.75) is 31.7 Å². The summed E-state index contributed by atoms with van der Waals surface area (Å²) in [6.07, 6.45) is -3.01. The van der Waals surface area contributed by atoms with Crippen LogP contribution in [0.3, 0.4) is 0 Å². The van der Waals surface area contributed by atoms with Gasteiger partial charge < -0.3 is 9.26 Å². The molecule has 0 N–H and O–H groups in total. The highest BCUT2D eigenvalue weighted by molar-refractivity contribution is 5.70. The van der Waals surface area contributed by atoms with Crippen molar-refractivity contribution < 1.29 is 22.4 Å². The lowest BCUT2D eigenvalue weighted by molar-refractivity contribution is -0.274. The Kier molecular flexibility index (Phi) is 3.59. The van der Waals surface area contributed by atoms with Gasteiger partial charge in [0.25, 0.3) is 0 Å². The van der Waals surface area contributed by atoms with Crippen molar-refractivity contribution in [2.75, 3.05) is 0 Å². The minimum atomic E-state index is -4.82. The van der Waals surface area contributed by atoms with Crippen LogP contribution in [0, 0.1) is 4.91 Å². The largest absolute Gasteiger partial charge is 0.573 e. The maximum absolute atomic E-state index is 12.5. The Hall–Kier alpha value is -2.38. The summed E-state index contributed by atoms with van der Waals surface area (Å²) in [6, 6.07) is 5.60. The molecule has 0 radical (unpaired) electrons. The molecule has 0 atom stereocenters. The van der Waals surface area contributed by atoms with Gasteiger partial charge in [-0.05, 0) is 25.0 Å². The lowest BCUT2D eigenvalue weighted by Crippen LogP contribution is -2.17. The second kappa shape index (κ2) is 5.43. The average Bonchev–Trinajstić information content (AvgIpc) is 3.20. The molecule has 0 unspecified atom stereocenters. The van der Waals surface area contributed by atoms with E-state index < -0.39 is 12.1 Å². The number of hydrogen-bond donors (Lipinski definition) is 0. The normalized spacial score (nSPS) is 14.9. The van der Waals surface area contributed by atoms with Gasteiger partial charge in [0.1, 0.15) is 23.7 Å². The number of halogens is 3. The predicted octanol–water partition coefficient (Wildman–Crippen LogP) is 4.38. The molecule has 1 aliphatic rings. The quantitative estimate of drug-likeness (QED) is 0.768. The van der Waals surface area contributed by atoms with E-state index in [0.717, 1.165) is 12.8 Å². The first-order valence-electron chi connectivity index (χ1n) is 6.62. The molecule has 5 nitrogen and oxygen atoms in total. The molecule has 0 bridgehead atoms. The molecule has 1 heterocycles. The maximum atomic E-state index is 12.5. The number of para-hydroxylation sites is 1. The topological polar surface area (TPSA) is 64.7 Å². The molecule has 1 aliphatic carbocycles. The van der Waals surface area contributed by atoms with Crippen molar-refractivity contribution in [3.05, 3.63) is 40.5 Å². The lowest BCUT2D eigenvalue weighted by atomic mass is 10.0. The third-order valence-corrected chi connectivity index (χ3v) is 3.36. The molecule has 0 amide bonds. The summed E-state index contributed by atoms with van der Waals surface area (Å²) in [7, 11) is 0. The van der Waals surface area contributed by atoms with Crippen LogP contribution in [0.5, 0.6) is 5.75 Å². The number of nitroso groups, excluding NO2 is 1. The standard InChI is InChI=1S/C14H11F3N2O3/c15-14(16,17)21-11-4-2-1-3-9(11)12-10(7-18-20)13(22-19-12)8-5-6-8/h1-4,8H,5-7H2.